The monoisotopic (exact) mass is 298 g/mol. The lowest BCUT2D eigenvalue weighted by molar-refractivity contribution is 0.252. The first-order chi connectivity index (χ1) is 10.6. The van der Waals surface area contributed by atoms with Gasteiger partial charge in [0.05, 0.1) is 11.9 Å². The second-order valence-electron chi connectivity index (χ2n) is 5.85. The Bertz CT molecular complexity index is 622. The van der Waals surface area contributed by atoms with E-state index in [4.69, 9.17) is 10.7 Å². The average Bonchev–Trinajstić information content (AvgIpc) is 2.56. The van der Waals surface area contributed by atoms with E-state index >= 15 is 0 Å². The first-order valence-corrected chi connectivity index (χ1v) is 7.59. The molecule has 0 radical (unpaired) electrons. The Labute approximate surface area is 131 Å². The van der Waals surface area contributed by atoms with Gasteiger partial charge in [-0.05, 0) is 45.1 Å². The van der Waals surface area contributed by atoms with Gasteiger partial charge in [-0.3, -0.25) is 4.98 Å². The Morgan fingerprint density at radius 2 is 1.91 bits per heavy atom. The zero-order valence-electron chi connectivity index (χ0n) is 13.1. The maximum absolute atomic E-state index is 6.06. The highest BCUT2D eigenvalue weighted by molar-refractivity contribution is 5.65. The minimum Gasteiger partial charge on any atom is -0.381 e. The van der Waals surface area contributed by atoms with Crippen LogP contribution in [0.4, 0.5) is 11.6 Å². The maximum Gasteiger partial charge on any atom is 0.172 e. The summed E-state index contributed by atoms with van der Waals surface area (Å²) in [5.41, 5.74) is 7.89. The van der Waals surface area contributed by atoms with Gasteiger partial charge >= 0.3 is 0 Å². The Morgan fingerprint density at radius 1 is 1.23 bits per heavy atom. The van der Waals surface area contributed by atoms with E-state index < -0.39 is 0 Å². The van der Waals surface area contributed by atoms with Gasteiger partial charge in [0.25, 0.3) is 0 Å². The van der Waals surface area contributed by atoms with Crippen molar-refractivity contribution in [3.8, 4) is 11.3 Å². The van der Waals surface area contributed by atoms with Gasteiger partial charge in [0, 0.05) is 31.0 Å². The minimum atomic E-state index is 0.459. The minimum absolute atomic E-state index is 0.459. The van der Waals surface area contributed by atoms with Crippen molar-refractivity contribution in [2.24, 2.45) is 0 Å². The number of rotatable bonds is 3. The first kappa shape index (κ1) is 14.7. The lowest BCUT2D eigenvalue weighted by Gasteiger charge is -2.36. The van der Waals surface area contributed by atoms with Crippen LogP contribution in [-0.2, 0) is 0 Å². The smallest absolute Gasteiger partial charge is 0.172 e. The van der Waals surface area contributed by atoms with E-state index in [0.717, 1.165) is 43.0 Å². The summed E-state index contributed by atoms with van der Waals surface area (Å²) in [7, 11) is 4.22. The van der Waals surface area contributed by atoms with Gasteiger partial charge in [-0.1, -0.05) is 0 Å². The highest BCUT2D eigenvalue weighted by atomic mass is 15.2. The second kappa shape index (κ2) is 6.27. The van der Waals surface area contributed by atoms with Crippen LogP contribution < -0.4 is 10.6 Å². The van der Waals surface area contributed by atoms with Crippen LogP contribution in [0.2, 0.25) is 0 Å². The molecular weight excluding hydrogens is 276 g/mol. The molecule has 2 aromatic heterocycles. The van der Waals surface area contributed by atoms with Crippen LogP contribution in [0.5, 0.6) is 0 Å². The summed E-state index contributed by atoms with van der Waals surface area (Å²) in [6.07, 6.45) is 7.47. The van der Waals surface area contributed by atoms with Crippen molar-refractivity contribution < 1.29 is 0 Å². The quantitative estimate of drug-likeness (QED) is 0.929. The predicted octanol–water partition coefficient (Wildman–Crippen LogP) is 1.65. The Hall–Kier alpha value is -2.21. The third-order valence-electron chi connectivity index (χ3n) is 4.33. The number of piperidine rings is 1. The number of likely N-dealkylation sites (tertiary alicyclic amines) is 1. The van der Waals surface area contributed by atoms with Crippen LogP contribution in [0.25, 0.3) is 11.3 Å². The molecule has 6 nitrogen and oxygen atoms in total. The van der Waals surface area contributed by atoms with Crippen molar-refractivity contribution in [3.05, 3.63) is 30.7 Å². The van der Waals surface area contributed by atoms with Gasteiger partial charge in [-0.25, -0.2) is 9.97 Å². The highest BCUT2D eigenvalue weighted by Crippen LogP contribution is 2.26. The van der Waals surface area contributed by atoms with Crippen LogP contribution in [0.1, 0.15) is 12.8 Å². The Balaban J connectivity index is 1.86. The molecule has 1 aliphatic heterocycles. The number of aromatic nitrogens is 3. The summed E-state index contributed by atoms with van der Waals surface area (Å²) >= 11 is 0. The molecule has 3 rings (SSSR count). The molecule has 0 spiro atoms. The third kappa shape index (κ3) is 3.01. The van der Waals surface area contributed by atoms with E-state index in [1.165, 1.54) is 0 Å². The number of hydrogen-bond donors (Lipinski definition) is 1. The fourth-order valence-corrected chi connectivity index (χ4v) is 2.87. The summed E-state index contributed by atoms with van der Waals surface area (Å²) in [6.45, 7) is 2.21. The molecule has 2 N–H and O–H groups in total. The molecule has 1 fully saturated rings. The van der Waals surface area contributed by atoms with Gasteiger partial charge < -0.3 is 15.5 Å². The topological polar surface area (TPSA) is 71.2 Å². The maximum atomic E-state index is 6.06. The average molecular weight is 298 g/mol. The molecule has 0 atom stereocenters. The molecule has 116 valence electrons. The molecule has 0 amide bonds. The van der Waals surface area contributed by atoms with E-state index in [0.29, 0.717) is 11.9 Å². The molecule has 22 heavy (non-hydrogen) atoms. The number of pyridine rings is 1. The van der Waals surface area contributed by atoms with Crippen molar-refractivity contribution in [2.45, 2.75) is 18.9 Å². The number of nitrogens with two attached hydrogens (primary N) is 1. The Kier molecular flexibility index (Phi) is 4.20. The van der Waals surface area contributed by atoms with Crippen molar-refractivity contribution in [2.75, 3.05) is 37.8 Å². The second-order valence-corrected chi connectivity index (χ2v) is 5.85. The Morgan fingerprint density at radius 3 is 2.59 bits per heavy atom. The van der Waals surface area contributed by atoms with Crippen molar-refractivity contribution in [1.82, 2.24) is 19.9 Å². The van der Waals surface area contributed by atoms with E-state index in [-0.39, 0.29) is 0 Å². The zero-order valence-corrected chi connectivity index (χ0v) is 13.1. The predicted molar refractivity (Wildman–Crippen MR) is 88.6 cm³/mol. The molecule has 0 saturated carbocycles. The summed E-state index contributed by atoms with van der Waals surface area (Å²) < 4.78 is 0. The largest absolute Gasteiger partial charge is 0.381 e. The molecule has 2 aromatic rings. The van der Waals surface area contributed by atoms with E-state index in [9.17, 15) is 0 Å². The van der Waals surface area contributed by atoms with Gasteiger partial charge in [0.2, 0.25) is 0 Å². The fourth-order valence-electron chi connectivity index (χ4n) is 2.87. The van der Waals surface area contributed by atoms with Crippen LogP contribution >= 0.6 is 0 Å². The molecule has 0 aliphatic carbocycles. The van der Waals surface area contributed by atoms with Gasteiger partial charge in [0.15, 0.2) is 11.6 Å². The van der Waals surface area contributed by atoms with Crippen LogP contribution in [0.3, 0.4) is 0 Å². The molecule has 0 bridgehead atoms. The van der Waals surface area contributed by atoms with Crippen LogP contribution in [-0.4, -0.2) is 53.1 Å². The van der Waals surface area contributed by atoms with Crippen molar-refractivity contribution >= 4 is 11.6 Å². The number of hydrogen-bond acceptors (Lipinski definition) is 6. The molecular formula is C16H22N6. The summed E-state index contributed by atoms with van der Waals surface area (Å²) in [5.74, 6) is 1.25. The van der Waals surface area contributed by atoms with Crippen LogP contribution in [0, 0.1) is 0 Å². The zero-order chi connectivity index (χ0) is 15.5. The SMILES string of the molecule is CN1CCC(N(C)c2nc(-c3ccncc3)cnc2N)CC1. The standard InChI is InChI=1S/C16H22N6/c1-21-9-5-13(6-10-21)22(2)16-15(17)19-11-14(20-16)12-3-7-18-8-4-12/h3-4,7-8,11,13H,5-6,9-10H2,1-2H3,(H2,17,19). The highest BCUT2D eigenvalue weighted by Gasteiger charge is 2.23. The fraction of sp³-hybridized carbons (Fsp3) is 0.438. The summed E-state index contributed by atoms with van der Waals surface area (Å²) in [4.78, 5) is 17.6. The number of nitrogens with zero attached hydrogens (tertiary/aromatic N) is 5. The molecule has 3 heterocycles. The summed E-state index contributed by atoms with van der Waals surface area (Å²) in [6, 6.07) is 4.32. The van der Waals surface area contributed by atoms with Crippen molar-refractivity contribution in [1.29, 1.82) is 0 Å². The van der Waals surface area contributed by atoms with Crippen molar-refractivity contribution in [3.63, 3.8) is 0 Å². The van der Waals surface area contributed by atoms with Gasteiger partial charge in [-0.2, -0.15) is 0 Å². The van der Waals surface area contributed by atoms with E-state index in [1.54, 1.807) is 18.6 Å². The molecule has 0 unspecified atom stereocenters. The molecule has 1 aliphatic rings. The molecule has 0 aromatic carbocycles. The van der Waals surface area contributed by atoms with Gasteiger partial charge in [0.1, 0.15) is 0 Å². The number of anilines is 2. The van der Waals surface area contributed by atoms with Gasteiger partial charge in [-0.15, -0.1) is 0 Å². The third-order valence-corrected chi connectivity index (χ3v) is 4.33. The normalized spacial score (nSPS) is 16.6. The number of nitrogen functional groups attached to an aromatic ring is 1. The lowest BCUT2D eigenvalue weighted by atomic mass is 10.0. The lowest BCUT2D eigenvalue weighted by Crippen LogP contribution is -2.42. The molecule has 1 saturated heterocycles. The van der Waals surface area contributed by atoms with E-state index in [2.05, 4.69) is 33.9 Å². The van der Waals surface area contributed by atoms with Crippen LogP contribution in [0.15, 0.2) is 30.7 Å². The molecule has 6 heteroatoms. The van der Waals surface area contributed by atoms with E-state index in [1.807, 2.05) is 12.1 Å². The summed E-state index contributed by atoms with van der Waals surface area (Å²) in [5, 5.41) is 0. The first-order valence-electron chi connectivity index (χ1n) is 7.59.